The molecule has 1 saturated heterocycles. The van der Waals surface area contributed by atoms with Crippen LogP contribution in [0, 0.1) is 10.8 Å². The molecule has 0 aromatic carbocycles. The molecule has 0 aliphatic carbocycles. The van der Waals surface area contributed by atoms with E-state index in [1.807, 2.05) is 0 Å². The molecule has 122 valence electrons. The topological polar surface area (TPSA) is 40.6 Å². The van der Waals surface area contributed by atoms with Crippen molar-refractivity contribution in [2.75, 3.05) is 19.6 Å². The Labute approximate surface area is 129 Å². The fourth-order valence-corrected chi connectivity index (χ4v) is 2.56. The van der Waals surface area contributed by atoms with Crippen LogP contribution in [0.25, 0.3) is 0 Å². The zero-order chi connectivity index (χ0) is 16.3. The maximum absolute atomic E-state index is 12.3. The van der Waals surface area contributed by atoms with Crippen LogP contribution in [0.3, 0.4) is 0 Å². The summed E-state index contributed by atoms with van der Waals surface area (Å²) in [6.45, 7) is 14.6. The van der Waals surface area contributed by atoms with Crippen molar-refractivity contribution in [3.63, 3.8) is 0 Å². The van der Waals surface area contributed by atoms with Crippen molar-refractivity contribution >= 4 is 11.9 Å². The highest BCUT2D eigenvalue weighted by Crippen LogP contribution is 2.23. The summed E-state index contributed by atoms with van der Waals surface area (Å²) in [5.41, 5.74) is 0.525. The first kappa shape index (κ1) is 18.0. The summed E-state index contributed by atoms with van der Waals surface area (Å²) in [6.07, 6.45) is 3.93. The Hall–Kier alpha value is -1.06. The molecule has 0 unspecified atom stereocenters. The second kappa shape index (κ2) is 6.80. The van der Waals surface area contributed by atoms with E-state index >= 15 is 0 Å². The first-order chi connectivity index (χ1) is 9.49. The highest BCUT2D eigenvalue weighted by Gasteiger charge is 2.35. The second-order valence-corrected chi connectivity index (χ2v) is 8.58. The van der Waals surface area contributed by atoms with Gasteiger partial charge in [-0.25, -0.2) is 4.79 Å². The van der Waals surface area contributed by atoms with Gasteiger partial charge in [0.2, 0.25) is 5.91 Å². The van der Waals surface area contributed by atoms with Gasteiger partial charge in [0.25, 0.3) is 0 Å². The van der Waals surface area contributed by atoms with E-state index in [1.54, 1.807) is 4.90 Å². The number of imide groups is 1. The third-order valence-corrected chi connectivity index (χ3v) is 3.79. The number of nitrogens with zero attached hydrogens (tertiary/aromatic N) is 2. The van der Waals surface area contributed by atoms with Crippen LogP contribution in [0.1, 0.15) is 67.2 Å². The minimum atomic E-state index is -0.0946. The van der Waals surface area contributed by atoms with Gasteiger partial charge in [0, 0.05) is 13.1 Å². The van der Waals surface area contributed by atoms with Crippen molar-refractivity contribution in [1.29, 1.82) is 0 Å². The van der Waals surface area contributed by atoms with Crippen LogP contribution in [0.15, 0.2) is 0 Å². The van der Waals surface area contributed by atoms with Gasteiger partial charge in [-0.15, -0.1) is 0 Å². The van der Waals surface area contributed by atoms with E-state index < -0.39 is 0 Å². The minimum Gasteiger partial charge on any atom is -0.315 e. The molecule has 1 heterocycles. The summed E-state index contributed by atoms with van der Waals surface area (Å²) in [5.74, 6) is -0.0373. The molecule has 4 heteroatoms. The fourth-order valence-electron chi connectivity index (χ4n) is 2.56. The van der Waals surface area contributed by atoms with E-state index in [4.69, 9.17) is 0 Å². The zero-order valence-electron chi connectivity index (χ0n) is 14.7. The predicted molar refractivity (Wildman–Crippen MR) is 86.1 cm³/mol. The number of hydrogen-bond acceptors (Lipinski definition) is 2. The minimum absolute atomic E-state index is 0.0373. The molecule has 1 aliphatic heterocycles. The van der Waals surface area contributed by atoms with Crippen LogP contribution in [0.4, 0.5) is 4.79 Å². The van der Waals surface area contributed by atoms with Crippen LogP contribution in [-0.4, -0.2) is 41.4 Å². The molecule has 1 fully saturated rings. The van der Waals surface area contributed by atoms with Gasteiger partial charge in [0.05, 0.1) is 0 Å². The highest BCUT2D eigenvalue weighted by atomic mass is 16.2. The quantitative estimate of drug-likeness (QED) is 0.697. The summed E-state index contributed by atoms with van der Waals surface area (Å²) < 4.78 is 0. The number of rotatable bonds is 6. The van der Waals surface area contributed by atoms with Crippen molar-refractivity contribution in [2.45, 2.75) is 67.2 Å². The van der Waals surface area contributed by atoms with Gasteiger partial charge in [0.1, 0.15) is 6.54 Å². The lowest BCUT2D eigenvalue weighted by molar-refractivity contribution is -0.125. The van der Waals surface area contributed by atoms with Gasteiger partial charge < -0.3 is 4.90 Å². The van der Waals surface area contributed by atoms with Crippen LogP contribution in [0.5, 0.6) is 0 Å². The third-order valence-electron chi connectivity index (χ3n) is 3.79. The van der Waals surface area contributed by atoms with Crippen LogP contribution < -0.4 is 0 Å². The summed E-state index contributed by atoms with van der Waals surface area (Å²) in [6, 6.07) is -0.0946. The van der Waals surface area contributed by atoms with E-state index in [0.29, 0.717) is 13.1 Å². The lowest BCUT2D eigenvalue weighted by Gasteiger charge is -2.22. The van der Waals surface area contributed by atoms with Gasteiger partial charge in [-0.3, -0.25) is 9.69 Å². The van der Waals surface area contributed by atoms with E-state index in [9.17, 15) is 9.59 Å². The molecule has 21 heavy (non-hydrogen) atoms. The van der Waals surface area contributed by atoms with E-state index in [2.05, 4.69) is 41.5 Å². The number of hydrogen-bond donors (Lipinski definition) is 0. The lowest BCUT2D eigenvalue weighted by Crippen LogP contribution is -2.34. The van der Waals surface area contributed by atoms with Crippen molar-refractivity contribution in [3.05, 3.63) is 0 Å². The molecule has 0 atom stereocenters. The number of amides is 3. The smallest absolute Gasteiger partial charge is 0.315 e. The van der Waals surface area contributed by atoms with Crippen molar-refractivity contribution in [2.24, 2.45) is 10.8 Å². The molecule has 0 radical (unpaired) electrons. The van der Waals surface area contributed by atoms with Crippen molar-refractivity contribution in [3.8, 4) is 0 Å². The molecule has 1 rings (SSSR count). The Morgan fingerprint density at radius 1 is 0.857 bits per heavy atom. The average molecular weight is 296 g/mol. The van der Waals surface area contributed by atoms with Gasteiger partial charge >= 0.3 is 6.03 Å². The Bertz CT molecular complexity index is 377. The highest BCUT2D eigenvalue weighted by molar-refractivity contribution is 6.01. The predicted octanol–water partition coefficient (Wildman–Crippen LogP) is 3.90. The van der Waals surface area contributed by atoms with Crippen LogP contribution in [0.2, 0.25) is 0 Å². The van der Waals surface area contributed by atoms with E-state index in [1.165, 1.54) is 4.90 Å². The third kappa shape index (κ3) is 6.49. The largest absolute Gasteiger partial charge is 0.327 e. The SMILES string of the molecule is CC(C)(C)CCCN1CC(=O)N(CCCC(C)(C)C)C1=O. The van der Waals surface area contributed by atoms with Crippen LogP contribution >= 0.6 is 0 Å². The molecule has 3 amide bonds. The maximum atomic E-state index is 12.3. The molecule has 0 spiro atoms. The Balaban J connectivity index is 2.40. The second-order valence-electron chi connectivity index (χ2n) is 8.58. The van der Waals surface area contributed by atoms with E-state index in [0.717, 1.165) is 25.7 Å². The normalized spacial score (nSPS) is 17.0. The molecular weight excluding hydrogens is 264 g/mol. The lowest BCUT2D eigenvalue weighted by atomic mass is 9.90. The van der Waals surface area contributed by atoms with Gasteiger partial charge in [-0.2, -0.15) is 0 Å². The summed E-state index contributed by atoms with van der Waals surface area (Å²) in [7, 11) is 0. The van der Waals surface area contributed by atoms with Crippen molar-refractivity contribution < 1.29 is 9.59 Å². The number of carbonyl (C=O) groups excluding carboxylic acids is 2. The number of urea groups is 1. The molecule has 0 N–H and O–H groups in total. The molecule has 1 aliphatic rings. The van der Waals surface area contributed by atoms with E-state index in [-0.39, 0.29) is 29.3 Å². The Morgan fingerprint density at radius 3 is 1.81 bits per heavy atom. The Kier molecular flexibility index (Phi) is 5.83. The fraction of sp³-hybridized carbons (Fsp3) is 0.882. The molecule has 0 aromatic heterocycles. The molecule has 0 saturated carbocycles. The van der Waals surface area contributed by atoms with Gasteiger partial charge in [-0.05, 0) is 36.5 Å². The van der Waals surface area contributed by atoms with Gasteiger partial charge in [-0.1, -0.05) is 41.5 Å². The molecule has 0 bridgehead atoms. The van der Waals surface area contributed by atoms with Crippen LogP contribution in [-0.2, 0) is 4.79 Å². The van der Waals surface area contributed by atoms with Gasteiger partial charge in [0.15, 0.2) is 0 Å². The first-order valence-corrected chi connectivity index (χ1v) is 8.09. The molecule has 4 nitrogen and oxygen atoms in total. The standard InChI is InChI=1S/C17H32N2O2/c1-16(2,3)9-7-11-18-13-14(20)19(15(18)21)12-8-10-17(4,5)6/h7-13H2,1-6H3. The monoisotopic (exact) mass is 296 g/mol. The number of carbonyl (C=O) groups is 2. The molecular formula is C17H32N2O2. The van der Waals surface area contributed by atoms with Crippen molar-refractivity contribution in [1.82, 2.24) is 9.80 Å². The zero-order valence-corrected chi connectivity index (χ0v) is 14.7. The summed E-state index contributed by atoms with van der Waals surface area (Å²) in [5, 5.41) is 0. The molecule has 0 aromatic rings. The maximum Gasteiger partial charge on any atom is 0.327 e. The Morgan fingerprint density at radius 2 is 1.33 bits per heavy atom. The first-order valence-electron chi connectivity index (χ1n) is 8.09. The average Bonchev–Trinajstić information content (AvgIpc) is 2.53. The summed E-state index contributed by atoms with van der Waals surface area (Å²) >= 11 is 0. The summed E-state index contributed by atoms with van der Waals surface area (Å²) in [4.78, 5) is 27.4.